The quantitative estimate of drug-likeness (QED) is 0.497. The molecule has 24 heavy (non-hydrogen) atoms. The first-order valence-electron chi connectivity index (χ1n) is 6.83. The van der Waals surface area contributed by atoms with Gasteiger partial charge in [0.05, 0.1) is 18.3 Å². The standard InChI is InChI=1S/C17H14ClN3O3/c1-3-8-24-16-14(18)9-12(10-15(16)23-2)11-20-21-17(22)13-4-6-19-7-5-13/h1,4-7,9-11H,8H2,2H3,(H,21,22)/b20-11-. The first-order valence-corrected chi connectivity index (χ1v) is 7.20. The monoisotopic (exact) mass is 343 g/mol. The van der Waals surface area contributed by atoms with E-state index in [0.29, 0.717) is 27.6 Å². The number of aromatic nitrogens is 1. The third kappa shape index (κ3) is 4.48. The first kappa shape index (κ1) is 17.3. The zero-order valence-corrected chi connectivity index (χ0v) is 13.6. The number of hydrogen-bond donors (Lipinski definition) is 1. The molecule has 0 saturated carbocycles. The van der Waals surface area contributed by atoms with E-state index in [1.54, 1.807) is 24.3 Å². The Morgan fingerprint density at radius 1 is 1.46 bits per heavy atom. The van der Waals surface area contributed by atoms with E-state index in [1.807, 2.05) is 0 Å². The lowest BCUT2D eigenvalue weighted by Gasteiger charge is -2.11. The molecule has 0 aliphatic rings. The summed E-state index contributed by atoms with van der Waals surface area (Å²) in [5.74, 6) is 2.78. The summed E-state index contributed by atoms with van der Waals surface area (Å²) in [5.41, 5.74) is 3.49. The van der Waals surface area contributed by atoms with Gasteiger partial charge in [0.15, 0.2) is 11.5 Å². The van der Waals surface area contributed by atoms with Gasteiger partial charge >= 0.3 is 0 Å². The highest BCUT2D eigenvalue weighted by Crippen LogP contribution is 2.35. The van der Waals surface area contributed by atoms with E-state index in [0.717, 1.165) is 0 Å². The minimum absolute atomic E-state index is 0.0749. The Kier molecular flexibility index (Phi) is 6.17. The molecule has 0 bridgehead atoms. The Morgan fingerprint density at radius 3 is 2.88 bits per heavy atom. The zero-order valence-electron chi connectivity index (χ0n) is 12.8. The average Bonchev–Trinajstić information content (AvgIpc) is 2.61. The number of hydrogen-bond acceptors (Lipinski definition) is 5. The average molecular weight is 344 g/mol. The van der Waals surface area contributed by atoms with Gasteiger partial charge in [-0.2, -0.15) is 5.10 Å². The van der Waals surface area contributed by atoms with Gasteiger partial charge in [-0.25, -0.2) is 5.43 Å². The summed E-state index contributed by atoms with van der Waals surface area (Å²) in [5, 5.41) is 4.22. The topological polar surface area (TPSA) is 72.8 Å². The lowest BCUT2D eigenvalue weighted by Crippen LogP contribution is -2.17. The number of carbonyl (C=O) groups is 1. The van der Waals surface area contributed by atoms with Crippen LogP contribution in [0, 0.1) is 12.3 Å². The molecule has 0 aliphatic carbocycles. The molecule has 7 heteroatoms. The molecule has 0 unspecified atom stereocenters. The van der Waals surface area contributed by atoms with Crippen molar-refractivity contribution in [2.75, 3.05) is 13.7 Å². The van der Waals surface area contributed by atoms with Crippen LogP contribution in [0.4, 0.5) is 0 Å². The first-order chi connectivity index (χ1) is 11.7. The highest BCUT2D eigenvalue weighted by atomic mass is 35.5. The number of terminal acetylenes is 1. The van der Waals surface area contributed by atoms with Crippen molar-refractivity contribution in [3.63, 3.8) is 0 Å². The van der Waals surface area contributed by atoms with Crippen molar-refractivity contribution < 1.29 is 14.3 Å². The Morgan fingerprint density at radius 2 is 2.21 bits per heavy atom. The summed E-state index contributed by atoms with van der Waals surface area (Å²) >= 11 is 6.16. The van der Waals surface area contributed by atoms with Crippen LogP contribution in [0.15, 0.2) is 41.8 Å². The predicted octanol–water partition coefficient (Wildman–Crippen LogP) is 2.52. The molecule has 1 amide bonds. The van der Waals surface area contributed by atoms with Gasteiger partial charge in [-0.1, -0.05) is 17.5 Å². The lowest BCUT2D eigenvalue weighted by molar-refractivity contribution is 0.0955. The van der Waals surface area contributed by atoms with E-state index >= 15 is 0 Å². The smallest absolute Gasteiger partial charge is 0.271 e. The molecule has 2 rings (SSSR count). The molecular weight excluding hydrogens is 330 g/mol. The van der Waals surface area contributed by atoms with E-state index in [1.165, 1.54) is 25.7 Å². The van der Waals surface area contributed by atoms with E-state index in [-0.39, 0.29) is 12.5 Å². The van der Waals surface area contributed by atoms with Crippen molar-refractivity contribution in [2.24, 2.45) is 5.10 Å². The summed E-state index contributed by atoms with van der Waals surface area (Å²) in [4.78, 5) is 15.7. The Balaban J connectivity index is 2.11. The maximum Gasteiger partial charge on any atom is 0.271 e. The number of methoxy groups -OCH3 is 1. The van der Waals surface area contributed by atoms with Crippen molar-refractivity contribution in [1.82, 2.24) is 10.4 Å². The number of halogens is 1. The summed E-state index contributed by atoms with van der Waals surface area (Å²) in [7, 11) is 1.49. The highest BCUT2D eigenvalue weighted by molar-refractivity contribution is 6.32. The largest absolute Gasteiger partial charge is 0.493 e. The minimum Gasteiger partial charge on any atom is -0.493 e. The molecule has 0 fully saturated rings. The van der Waals surface area contributed by atoms with Crippen LogP contribution >= 0.6 is 11.6 Å². The van der Waals surface area contributed by atoms with Crippen LogP contribution in [0.2, 0.25) is 5.02 Å². The second kappa shape index (κ2) is 8.56. The number of benzene rings is 1. The molecule has 122 valence electrons. The van der Waals surface area contributed by atoms with E-state index < -0.39 is 0 Å². The van der Waals surface area contributed by atoms with Gasteiger partial charge in [0.1, 0.15) is 6.61 Å². The highest BCUT2D eigenvalue weighted by Gasteiger charge is 2.11. The molecule has 6 nitrogen and oxygen atoms in total. The second-order valence-corrected chi connectivity index (χ2v) is 4.87. The van der Waals surface area contributed by atoms with Crippen molar-refractivity contribution in [1.29, 1.82) is 0 Å². The Bertz CT molecular complexity index is 786. The summed E-state index contributed by atoms with van der Waals surface area (Å²) in [6.45, 7) is 0.0749. The van der Waals surface area contributed by atoms with E-state index in [9.17, 15) is 4.79 Å². The predicted molar refractivity (Wildman–Crippen MR) is 91.6 cm³/mol. The van der Waals surface area contributed by atoms with E-state index in [4.69, 9.17) is 27.5 Å². The maximum atomic E-state index is 11.9. The number of ether oxygens (including phenoxy) is 2. The van der Waals surface area contributed by atoms with Crippen LogP contribution in [-0.4, -0.2) is 30.8 Å². The summed E-state index contributed by atoms with van der Waals surface area (Å²) in [6.07, 6.45) is 9.66. The van der Waals surface area contributed by atoms with Gasteiger partial charge in [-0.3, -0.25) is 9.78 Å². The number of nitrogens with one attached hydrogen (secondary N) is 1. The molecule has 0 radical (unpaired) electrons. The fraction of sp³-hybridized carbons (Fsp3) is 0.118. The van der Waals surface area contributed by atoms with Crippen molar-refractivity contribution in [2.45, 2.75) is 0 Å². The fourth-order valence-corrected chi connectivity index (χ4v) is 2.08. The van der Waals surface area contributed by atoms with Crippen LogP contribution in [0.25, 0.3) is 0 Å². The van der Waals surface area contributed by atoms with E-state index in [2.05, 4.69) is 21.4 Å². The van der Waals surface area contributed by atoms with Gasteiger partial charge in [0, 0.05) is 18.0 Å². The number of amides is 1. The van der Waals surface area contributed by atoms with Crippen LogP contribution < -0.4 is 14.9 Å². The molecule has 0 aliphatic heterocycles. The molecule has 1 aromatic carbocycles. The summed E-state index contributed by atoms with van der Waals surface area (Å²) in [6, 6.07) is 6.46. The van der Waals surface area contributed by atoms with Gasteiger partial charge in [0.2, 0.25) is 0 Å². The lowest BCUT2D eigenvalue weighted by atomic mass is 10.2. The number of pyridine rings is 1. The van der Waals surface area contributed by atoms with Gasteiger partial charge in [-0.15, -0.1) is 6.42 Å². The SMILES string of the molecule is C#CCOc1c(Cl)cc(/C=N\NC(=O)c2ccncc2)cc1OC. The van der Waals surface area contributed by atoms with Crippen LogP contribution in [0.5, 0.6) is 11.5 Å². The molecule has 0 atom stereocenters. The van der Waals surface area contributed by atoms with Gasteiger partial charge < -0.3 is 9.47 Å². The second-order valence-electron chi connectivity index (χ2n) is 4.46. The van der Waals surface area contributed by atoms with Gasteiger partial charge in [-0.05, 0) is 29.8 Å². The molecule has 2 aromatic rings. The Hall–Kier alpha value is -3.04. The van der Waals surface area contributed by atoms with Crippen LogP contribution in [0.1, 0.15) is 15.9 Å². The zero-order chi connectivity index (χ0) is 17.4. The Labute approximate surface area is 144 Å². The van der Waals surface area contributed by atoms with Gasteiger partial charge in [0.25, 0.3) is 5.91 Å². The van der Waals surface area contributed by atoms with Crippen LogP contribution in [-0.2, 0) is 0 Å². The summed E-state index contributed by atoms with van der Waals surface area (Å²) < 4.78 is 10.6. The fourth-order valence-electron chi connectivity index (χ4n) is 1.80. The molecule has 1 heterocycles. The van der Waals surface area contributed by atoms with Crippen molar-refractivity contribution in [3.05, 3.63) is 52.8 Å². The molecule has 1 N–H and O–H groups in total. The minimum atomic E-state index is -0.347. The van der Waals surface area contributed by atoms with Crippen LogP contribution in [0.3, 0.4) is 0 Å². The maximum absolute atomic E-state index is 11.9. The number of carbonyl (C=O) groups excluding carboxylic acids is 1. The van der Waals surface area contributed by atoms with Crippen molar-refractivity contribution >= 4 is 23.7 Å². The third-order valence-electron chi connectivity index (χ3n) is 2.87. The molecule has 1 aromatic heterocycles. The molecular formula is C17H14ClN3O3. The third-order valence-corrected chi connectivity index (χ3v) is 3.15. The number of rotatable bonds is 6. The molecule has 0 saturated heterocycles. The number of hydrazone groups is 1. The normalized spacial score (nSPS) is 10.2. The molecule has 0 spiro atoms. The number of nitrogens with zero attached hydrogens (tertiary/aromatic N) is 2. The van der Waals surface area contributed by atoms with Crippen molar-refractivity contribution in [3.8, 4) is 23.8 Å².